The van der Waals surface area contributed by atoms with E-state index in [0.29, 0.717) is 25.2 Å². The Labute approximate surface area is 121 Å². The maximum absolute atomic E-state index is 12.7. The Bertz CT molecular complexity index is 530. The molecule has 0 radical (unpaired) electrons. The van der Waals surface area contributed by atoms with Crippen molar-refractivity contribution < 1.29 is 31.1 Å². The van der Waals surface area contributed by atoms with Gasteiger partial charge in [0.1, 0.15) is 0 Å². The second-order valence-electron chi connectivity index (χ2n) is 4.99. The fraction of sp³-hybridized carbons (Fsp3) is 0.462. The topological polar surface area (TPSA) is 41.1 Å². The summed E-state index contributed by atoms with van der Waals surface area (Å²) in [7, 11) is 0. The zero-order valence-corrected chi connectivity index (χ0v) is 11.1. The highest BCUT2D eigenvalue weighted by Crippen LogP contribution is 2.36. The number of alkyl halides is 6. The summed E-state index contributed by atoms with van der Waals surface area (Å²) in [5.41, 5.74) is -3.03. The molecule has 9 heteroatoms. The van der Waals surface area contributed by atoms with Crippen LogP contribution in [0.25, 0.3) is 0 Å². The lowest BCUT2D eigenvalue weighted by Gasteiger charge is -2.25. The van der Waals surface area contributed by atoms with Gasteiger partial charge in [0.15, 0.2) is 0 Å². The molecular weight excluding hydrogens is 314 g/mol. The van der Waals surface area contributed by atoms with Gasteiger partial charge in [0.2, 0.25) is 5.91 Å². The number of hydrogen-bond donors (Lipinski definition) is 2. The first-order chi connectivity index (χ1) is 10.1. The van der Waals surface area contributed by atoms with Gasteiger partial charge in [-0.05, 0) is 23.8 Å². The van der Waals surface area contributed by atoms with Crippen LogP contribution in [-0.2, 0) is 23.7 Å². The number of hydrogen-bond acceptors (Lipinski definition) is 2. The van der Waals surface area contributed by atoms with Gasteiger partial charge >= 0.3 is 12.4 Å². The minimum Gasteiger partial charge on any atom is -0.352 e. The zero-order valence-electron chi connectivity index (χ0n) is 11.1. The number of benzene rings is 1. The van der Waals surface area contributed by atoms with Crippen molar-refractivity contribution in [2.75, 3.05) is 13.1 Å². The minimum absolute atomic E-state index is 0.0567. The summed E-state index contributed by atoms with van der Waals surface area (Å²) < 4.78 is 76.0. The molecule has 1 aliphatic rings. The Morgan fingerprint density at radius 2 is 1.55 bits per heavy atom. The van der Waals surface area contributed by atoms with E-state index in [1.807, 2.05) is 0 Å². The Hall–Kier alpha value is -1.77. The molecule has 0 unspecified atom stereocenters. The van der Waals surface area contributed by atoms with Crippen molar-refractivity contribution in [2.24, 2.45) is 5.92 Å². The fourth-order valence-corrected chi connectivity index (χ4v) is 1.93. The predicted octanol–water partition coefficient (Wildman–Crippen LogP) is 2.56. The van der Waals surface area contributed by atoms with Crippen LogP contribution in [0, 0.1) is 5.92 Å². The lowest BCUT2D eigenvalue weighted by molar-refractivity contribution is -0.143. The number of carbonyl (C=O) groups is 1. The highest BCUT2D eigenvalue weighted by atomic mass is 19.4. The lowest BCUT2D eigenvalue weighted by Crippen LogP contribution is -2.50. The van der Waals surface area contributed by atoms with E-state index in [9.17, 15) is 31.1 Å². The van der Waals surface area contributed by atoms with Crippen LogP contribution < -0.4 is 10.6 Å². The van der Waals surface area contributed by atoms with Crippen molar-refractivity contribution in [3.63, 3.8) is 0 Å². The van der Waals surface area contributed by atoms with E-state index in [1.165, 1.54) is 0 Å². The number of halogens is 6. The Balaban J connectivity index is 2.20. The van der Waals surface area contributed by atoms with Crippen LogP contribution in [0.15, 0.2) is 18.2 Å². The molecule has 22 heavy (non-hydrogen) atoms. The molecule has 1 saturated heterocycles. The molecule has 1 amide bonds. The molecule has 2 N–H and O–H groups in total. The lowest BCUT2D eigenvalue weighted by atomic mass is 10.0. The van der Waals surface area contributed by atoms with Gasteiger partial charge in [-0.25, -0.2) is 0 Å². The summed E-state index contributed by atoms with van der Waals surface area (Å²) in [6.07, 6.45) is -9.78. The minimum atomic E-state index is -4.89. The van der Waals surface area contributed by atoms with Crippen LogP contribution in [0.3, 0.4) is 0 Å². The SMILES string of the molecule is O=C(NCc1cc(C(F)(F)F)cc(C(F)(F)F)c1)C1CNC1. The summed E-state index contributed by atoms with van der Waals surface area (Å²) in [6.45, 7) is 0.507. The van der Waals surface area contributed by atoms with Crippen molar-refractivity contribution in [2.45, 2.75) is 18.9 Å². The summed E-state index contributed by atoms with van der Waals surface area (Å²) in [5.74, 6) is -0.697. The molecule has 122 valence electrons. The average Bonchev–Trinajstić information content (AvgIpc) is 2.32. The van der Waals surface area contributed by atoms with E-state index in [4.69, 9.17) is 0 Å². The van der Waals surface area contributed by atoms with Crippen LogP contribution in [0.2, 0.25) is 0 Å². The molecule has 1 aliphatic heterocycles. The van der Waals surface area contributed by atoms with E-state index in [0.717, 1.165) is 0 Å². The van der Waals surface area contributed by atoms with Gasteiger partial charge < -0.3 is 10.6 Å². The summed E-state index contributed by atoms with van der Waals surface area (Å²) in [6, 6.07) is 1.27. The van der Waals surface area contributed by atoms with Gasteiger partial charge in [-0.1, -0.05) is 0 Å². The van der Waals surface area contributed by atoms with Gasteiger partial charge in [0, 0.05) is 19.6 Å². The third-order valence-corrected chi connectivity index (χ3v) is 3.27. The van der Waals surface area contributed by atoms with Crippen molar-refractivity contribution in [3.05, 3.63) is 34.9 Å². The standard InChI is InChI=1S/C13H12F6N2O/c14-12(15,16)9-1-7(2-10(3-9)13(17,18)19)4-21-11(22)8-5-20-6-8/h1-3,8,20H,4-6H2,(H,21,22). The highest BCUT2D eigenvalue weighted by molar-refractivity contribution is 5.80. The van der Waals surface area contributed by atoms with Gasteiger partial charge in [-0.15, -0.1) is 0 Å². The molecule has 0 bridgehead atoms. The van der Waals surface area contributed by atoms with Crippen LogP contribution >= 0.6 is 0 Å². The average molecular weight is 326 g/mol. The van der Waals surface area contributed by atoms with Gasteiger partial charge in [-0.3, -0.25) is 4.79 Å². The highest BCUT2D eigenvalue weighted by Gasteiger charge is 2.37. The van der Waals surface area contributed by atoms with Gasteiger partial charge in [0.25, 0.3) is 0 Å². The van der Waals surface area contributed by atoms with Gasteiger partial charge in [0.05, 0.1) is 17.0 Å². The summed E-state index contributed by atoms with van der Waals surface area (Å²) >= 11 is 0. The van der Waals surface area contributed by atoms with E-state index in [1.54, 1.807) is 0 Å². The second kappa shape index (κ2) is 5.79. The van der Waals surface area contributed by atoms with Crippen molar-refractivity contribution in [1.82, 2.24) is 10.6 Å². The van der Waals surface area contributed by atoms with E-state index < -0.39 is 29.4 Å². The van der Waals surface area contributed by atoms with Crippen molar-refractivity contribution in [1.29, 1.82) is 0 Å². The normalized spacial score (nSPS) is 16.3. The number of amides is 1. The fourth-order valence-electron chi connectivity index (χ4n) is 1.93. The first-order valence-electron chi connectivity index (χ1n) is 6.34. The molecule has 0 spiro atoms. The largest absolute Gasteiger partial charge is 0.416 e. The zero-order chi connectivity index (χ0) is 16.5. The molecule has 2 rings (SSSR count). The number of carbonyl (C=O) groups excluding carboxylic acids is 1. The van der Waals surface area contributed by atoms with Crippen LogP contribution in [0.5, 0.6) is 0 Å². The smallest absolute Gasteiger partial charge is 0.352 e. The van der Waals surface area contributed by atoms with Crippen molar-refractivity contribution in [3.8, 4) is 0 Å². The first-order valence-corrected chi connectivity index (χ1v) is 6.34. The molecule has 0 saturated carbocycles. The molecule has 1 aromatic rings. The molecule has 0 aliphatic carbocycles. The predicted molar refractivity (Wildman–Crippen MR) is 64.7 cm³/mol. The third-order valence-electron chi connectivity index (χ3n) is 3.27. The van der Waals surface area contributed by atoms with Gasteiger partial charge in [-0.2, -0.15) is 26.3 Å². The van der Waals surface area contributed by atoms with E-state index in [2.05, 4.69) is 10.6 Å². The third kappa shape index (κ3) is 3.90. The second-order valence-corrected chi connectivity index (χ2v) is 4.99. The Kier molecular flexibility index (Phi) is 4.37. The monoisotopic (exact) mass is 326 g/mol. The Morgan fingerprint density at radius 1 is 1.05 bits per heavy atom. The number of rotatable bonds is 3. The van der Waals surface area contributed by atoms with E-state index in [-0.39, 0.29) is 24.1 Å². The molecular formula is C13H12F6N2O. The maximum atomic E-state index is 12.7. The Morgan fingerprint density at radius 3 is 1.91 bits per heavy atom. The molecule has 1 fully saturated rings. The molecule has 1 heterocycles. The molecule has 0 atom stereocenters. The van der Waals surface area contributed by atoms with Crippen LogP contribution in [0.1, 0.15) is 16.7 Å². The van der Waals surface area contributed by atoms with Crippen molar-refractivity contribution >= 4 is 5.91 Å². The van der Waals surface area contributed by atoms with E-state index >= 15 is 0 Å². The summed E-state index contributed by atoms with van der Waals surface area (Å²) in [4.78, 5) is 11.6. The van der Waals surface area contributed by atoms with Crippen LogP contribution in [0.4, 0.5) is 26.3 Å². The molecule has 3 nitrogen and oxygen atoms in total. The molecule has 1 aromatic carbocycles. The maximum Gasteiger partial charge on any atom is 0.416 e. The molecule has 0 aromatic heterocycles. The van der Waals surface area contributed by atoms with Crippen LogP contribution in [-0.4, -0.2) is 19.0 Å². The first kappa shape index (κ1) is 16.6. The quantitative estimate of drug-likeness (QED) is 0.838. The number of nitrogens with one attached hydrogen (secondary N) is 2. The summed E-state index contributed by atoms with van der Waals surface area (Å²) in [5, 5.41) is 5.18.